The zero-order valence-electron chi connectivity index (χ0n) is 8.97. The predicted octanol–water partition coefficient (Wildman–Crippen LogP) is 2.75. The average Bonchev–Trinajstić information content (AvgIpc) is 2.24. The first-order valence-electron chi connectivity index (χ1n) is 4.63. The summed E-state index contributed by atoms with van der Waals surface area (Å²) in [5.74, 6) is 0.0962. The van der Waals surface area contributed by atoms with Gasteiger partial charge in [-0.15, -0.1) is 0 Å². The van der Waals surface area contributed by atoms with Gasteiger partial charge in [-0.05, 0) is 6.07 Å². The first kappa shape index (κ1) is 13.9. The van der Waals surface area contributed by atoms with Gasteiger partial charge in [-0.1, -0.05) is 11.6 Å². The predicted molar refractivity (Wildman–Crippen MR) is 57.4 cm³/mol. The van der Waals surface area contributed by atoms with E-state index in [1.54, 1.807) is 0 Å². The lowest BCUT2D eigenvalue weighted by Crippen LogP contribution is -2.20. The van der Waals surface area contributed by atoms with Crippen molar-refractivity contribution in [1.29, 1.82) is 0 Å². The third-order valence-electron chi connectivity index (χ3n) is 1.92. The summed E-state index contributed by atoms with van der Waals surface area (Å²) >= 11 is 5.76. The van der Waals surface area contributed by atoms with Gasteiger partial charge in [0.05, 0.1) is 7.11 Å². The molecule has 0 saturated heterocycles. The van der Waals surface area contributed by atoms with Crippen LogP contribution in [0.4, 0.5) is 13.2 Å². The number of alkyl halides is 3. The molecule has 0 atom stereocenters. The fourth-order valence-corrected chi connectivity index (χ4v) is 1.47. The normalized spacial score (nSPS) is 11.4. The Kier molecular flexibility index (Phi) is 4.47. The van der Waals surface area contributed by atoms with E-state index in [4.69, 9.17) is 22.1 Å². The molecule has 17 heavy (non-hydrogen) atoms. The van der Waals surface area contributed by atoms with Gasteiger partial charge in [-0.25, -0.2) is 0 Å². The van der Waals surface area contributed by atoms with Crippen LogP contribution in [-0.2, 0) is 6.54 Å². The highest BCUT2D eigenvalue weighted by Crippen LogP contribution is 2.35. The highest BCUT2D eigenvalue weighted by atomic mass is 35.5. The van der Waals surface area contributed by atoms with E-state index in [1.165, 1.54) is 19.2 Å². The van der Waals surface area contributed by atoms with Gasteiger partial charge < -0.3 is 15.2 Å². The third-order valence-corrected chi connectivity index (χ3v) is 2.13. The van der Waals surface area contributed by atoms with Gasteiger partial charge >= 0.3 is 6.18 Å². The summed E-state index contributed by atoms with van der Waals surface area (Å²) in [5.41, 5.74) is 5.77. The fraction of sp³-hybridized carbons (Fsp3) is 0.400. The molecule has 0 fully saturated rings. The molecule has 0 aromatic heterocycles. The lowest BCUT2D eigenvalue weighted by atomic mass is 10.2. The van der Waals surface area contributed by atoms with Gasteiger partial charge in [-0.3, -0.25) is 0 Å². The van der Waals surface area contributed by atoms with Gasteiger partial charge in [0, 0.05) is 23.2 Å². The number of methoxy groups -OCH3 is 1. The molecular formula is C10H11ClF3NO2. The fourth-order valence-electron chi connectivity index (χ4n) is 1.24. The number of nitrogens with two attached hydrogens (primary N) is 1. The van der Waals surface area contributed by atoms with E-state index >= 15 is 0 Å². The van der Waals surface area contributed by atoms with E-state index in [-0.39, 0.29) is 18.0 Å². The number of benzene rings is 1. The van der Waals surface area contributed by atoms with Crippen LogP contribution in [0.5, 0.6) is 11.5 Å². The second kappa shape index (κ2) is 5.46. The molecular weight excluding hydrogens is 259 g/mol. The van der Waals surface area contributed by atoms with E-state index in [2.05, 4.69) is 4.74 Å². The van der Waals surface area contributed by atoms with Crippen molar-refractivity contribution >= 4 is 11.6 Å². The second-order valence-corrected chi connectivity index (χ2v) is 3.64. The van der Waals surface area contributed by atoms with E-state index in [0.29, 0.717) is 10.6 Å². The molecule has 0 radical (unpaired) electrons. The van der Waals surface area contributed by atoms with Crippen LogP contribution < -0.4 is 15.2 Å². The smallest absolute Gasteiger partial charge is 0.422 e. The topological polar surface area (TPSA) is 44.5 Å². The number of ether oxygens (including phenoxy) is 2. The molecule has 1 aromatic rings. The minimum atomic E-state index is -4.42. The maximum Gasteiger partial charge on any atom is 0.422 e. The van der Waals surface area contributed by atoms with Crippen LogP contribution in [-0.4, -0.2) is 19.9 Å². The zero-order chi connectivity index (χ0) is 13.1. The molecule has 2 N–H and O–H groups in total. The Balaban J connectivity index is 3.03. The first-order chi connectivity index (χ1) is 7.87. The standard InChI is InChI=1S/C10H11ClF3NO2/c1-16-8-3-7(11)2-6(4-15)9(8)17-5-10(12,13)14/h2-3H,4-5,15H2,1H3. The van der Waals surface area contributed by atoms with Crippen molar-refractivity contribution in [2.45, 2.75) is 12.7 Å². The molecule has 0 amide bonds. The first-order valence-corrected chi connectivity index (χ1v) is 5.01. The maximum atomic E-state index is 12.1. The van der Waals surface area contributed by atoms with Crippen LogP contribution in [0.3, 0.4) is 0 Å². The minimum Gasteiger partial charge on any atom is -0.493 e. The van der Waals surface area contributed by atoms with Crippen molar-refractivity contribution in [3.63, 3.8) is 0 Å². The van der Waals surface area contributed by atoms with E-state index in [9.17, 15) is 13.2 Å². The average molecular weight is 270 g/mol. The van der Waals surface area contributed by atoms with E-state index < -0.39 is 12.8 Å². The molecule has 0 aliphatic rings. The monoisotopic (exact) mass is 269 g/mol. The number of hydrogen-bond donors (Lipinski definition) is 1. The summed E-state index contributed by atoms with van der Waals surface area (Å²) < 4.78 is 45.8. The molecule has 1 rings (SSSR count). The van der Waals surface area contributed by atoms with E-state index in [1.807, 2.05) is 0 Å². The Morgan fingerprint density at radius 3 is 2.47 bits per heavy atom. The molecule has 7 heteroatoms. The molecule has 0 heterocycles. The highest BCUT2D eigenvalue weighted by molar-refractivity contribution is 6.30. The van der Waals surface area contributed by atoms with Gasteiger partial charge in [-0.2, -0.15) is 13.2 Å². The lowest BCUT2D eigenvalue weighted by Gasteiger charge is -2.15. The van der Waals surface area contributed by atoms with Gasteiger partial charge in [0.15, 0.2) is 18.1 Å². The summed E-state index contributed by atoms with van der Waals surface area (Å²) in [6.45, 7) is -1.40. The number of hydrogen-bond acceptors (Lipinski definition) is 3. The SMILES string of the molecule is COc1cc(Cl)cc(CN)c1OCC(F)(F)F. The van der Waals surface area contributed by atoms with Crippen LogP contribution in [0.15, 0.2) is 12.1 Å². The lowest BCUT2D eigenvalue weighted by molar-refractivity contribution is -0.153. The van der Waals surface area contributed by atoms with Crippen LogP contribution >= 0.6 is 11.6 Å². The second-order valence-electron chi connectivity index (χ2n) is 3.20. The van der Waals surface area contributed by atoms with Crippen molar-refractivity contribution in [3.8, 4) is 11.5 Å². The van der Waals surface area contributed by atoms with Crippen molar-refractivity contribution < 1.29 is 22.6 Å². The summed E-state index contributed by atoms with van der Waals surface area (Å²) in [5, 5.41) is 0.321. The molecule has 0 unspecified atom stereocenters. The Bertz CT molecular complexity index is 371. The number of rotatable bonds is 4. The largest absolute Gasteiger partial charge is 0.493 e. The molecule has 0 bridgehead atoms. The van der Waals surface area contributed by atoms with Gasteiger partial charge in [0.25, 0.3) is 0 Å². The number of halogens is 4. The van der Waals surface area contributed by atoms with Gasteiger partial charge in [0.1, 0.15) is 0 Å². The van der Waals surface area contributed by atoms with E-state index in [0.717, 1.165) is 0 Å². The van der Waals surface area contributed by atoms with Crippen molar-refractivity contribution in [3.05, 3.63) is 22.7 Å². The summed E-state index contributed by atoms with van der Waals surface area (Å²) in [4.78, 5) is 0. The van der Waals surface area contributed by atoms with Crippen LogP contribution in [0, 0.1) is 0 Å². The molecule has 0 spiro atoms. The van der Waals surface area contributed by atoms with Gasteiger partial charge in [0.2, 0.25) is 0 Å². The summed E-state index contributed by atoms with van der Waals surface area (Å²) in [7, 11) is 1.31. The molecule has 0 aliphatic carbocycles. The Morgan fingerprint density at radius 1 is 1.35 bits per heavy atom. The Hall–Kier alpha value is -1.14. The highest BCUT2D eigenvalue weighted by Gasteiger charge is 2.29. The third kappa shape index (κ3) is 3.98. The molecule has 1 aromatic carbocycles. The van der Waals surface area contributed by atoms with Crippen LogP contribution in [0.25, 0.3) is 0 Å². The quantitative estimate of drug-likeness (QED) is 0.914. The molecule has 0 aliphatic heterocycles. The van der Waals surface area contributed by atoms with Crippen molar-refractivity contribution in [1.82, 2.24) is 0 Å². The maximum absolute atomic E-state index is 12.1. The summed E-state index contributed by atoms with van der Waals surface area (Å²) in [6, 6.07) is 2.81. The van der Waals surface area contributed by atoms with Crippen molar-refractivity contribution in [2.24, 2.45) is 5.73 Å². The molecule has 96 valence electrons. The van der Waals surface area contributed by atoms with Crippen LogP contribution in [0.1, 0.15) is 5.56 Å². The minimum absolute atomic E-state index is 0.00408. The molecule has 0 saturated carbocycles. The summed E-state index contributed by atoms with van der Waals surface area (Å²) in [6.07, 6.45) is -4.42. The Labute approximate surface area is 101 Å². The molecule has 3 nitrogen and oxygen atoms in total. The van der Waals surface area contributed by atoms with Crippen molar-refractivity contribution in [2.75, 3.05) is 13.7 Å². The zero-order valence-corrected chi connectivity index (χ0v) is 9.73. The Morgan fingerprint density at radius 2 is 2.00 bits per heavy atom. The van der Waals surface area contributed by atoms with Crippen LogP contribution in [0.2, 0.25) is 5.02 Å².